The van der Waals surface area contributed by atoms with Crippen LogP contribution in [0.25, 0.3) is 37.5 Å². The van der Waals surface area contributed by atoms with Gasteiger partial charge in [-0.1, -0.05) is 24.3 Å². The van der Waals surface area contributed by atoms with Crippen molar-refractivity contribution >= 4 is 37.4 Å². The van der Waals surface area contributed by atoms with Gasteiger partial charge in [0, 0.05) is 10.9 Å². The Morgan fingerprint density at radius 1 is 0.973 bits per heavy atom. The van der Waals surface area contributed by atoms with Crippen molar-refractivity contribution in [1.29, 1.82) is 0 Å². The van der Waals surface area contributed by atoms with Gasteiger partial charge in [-0.25, -0.2) is 19.5 Å². The van der Waals surface area contributed by atoms with Crippen LogP contribution in [0.1, 0.15) is 16.8 Å². The highest BCUT2D eigenvalue weighted by Crippen LogP contribution is 2.38. The molecule has 0 saturated heterocycles. The highest BCUT2D eigenvalue weighted by atomic mass is 32.1. The second-order valence-electron chi connectivity index (χ2n) is 8.39. The smallest absolute Gasteiger partial charge is 0.433 e. The van der Waals surface area contributed by atoms with E-state index < -0.39 is 11.9 Å². The number of pyridine rings is 1. The van der Waals surface area contributed by atoms with Gasteiger partial charge in [-0.15, -0.1) is 16.4 Å². The van der Waals surface area contributed by atoms with Gasteiger partial charge in [0.2, 0.25) is 0 Å². The number of thiophene rings is 1. The summed E-state index contributed by atoms with van der Waals surface area (Å²) in [6.07, 6.45) is -3.00. The van der Waals surface area contributed by atoms with Gasteiger partial charge in [0.1, 0.15) is 39.7 Å². The van der Waals surface area contributed by atoms with Gasteiger partial charge in [-0.3, -0.25) is 0 Å². The first-order valence-electron chi connectivity index (χ1n) is 11.2. The van der Waals surface area contributed by atoms with Crippen molar-refractivity contribution in [2.24, 2.45) is 0 Å². The number of halogens is 3. The molecular weight excluding hydrogens is 503 g/mol. The lowest BCUT2D eigenvalue weighted by molar-refractivity contribution is -0.141. The average molecular weight is 522 g/mol. The Morgan fingerprint density at radius 2 is 1.70 bits per heavy atom. The zero-order chi connectivity index (χ0) is 25.7. The second kappa shape index (κ2) is 8.70. The normalized spacial score (nSPS) is 12.0. The predicted octanol–water partition coefficient (Wildman–Crippen LogP) is 6.47. The van der Waals surface area contributed by atoms with Crippen molar-refractivity contribution in [3.8, 4) is 22.9 Å². The molecule has 0 fully saturated rings. The molecule has 0 N–H and O–H groups in total. The third kappa shape index (κ3) is 4.20. The first-order valence-corrected chi connectivity index (χ1v) is 12.0. The lowest BCUT2D eigenvalue weighted by Crippen LogP contribution is -2.07. The number of methoxy groups -OCH3 is 1. The molecule has 37 heavy (non-hydrogen) atoms. The molecule has 0 unspecified atom stereocenters. The average Bonchev–Trinajstić information content (AvgIpc) is 3.49. The largest absolute Gasteiger partial charge is 0.497 e. The molecule has 7 nitrogen and oxygen atoms in total. The quantitative estimate of drug-likeness (QED) is 0.259. The van der Waals surface area contributed by atoms with E-state index in [4.69, 9.17) is 9.47 Å². The fraction of sp³-hybridized carbons (Fsp3) is 0.154. The van der Waals surface area contributed by atoms with Crippen LogP contribution in [0.4, 0.5) is 13.2 Å². The molecule has 0 saturated carbocycles. The van der Waals surface area contributed by atoms with Gasteiger partial charge < -0.3 is 9.47 Å². The number of hydrogen-bond acceptors (Lipinski definition) is 7. The number of aryl methyl sites for hydroxylation is 1. The Kier molecular flexibility index (Phi) is 5.45. The van der Waals surface area contributed by atoms with Crippen LogP contribution in [0, 0.1) is 6.92 Å². The zero-order valence-electron chi connectivity index (χ0n) is 19.6. The van der Waals surface area contributed by atoms with Gasteiger partial charge in [-0.05, 0) is 48.4 Å². The van der Waals surface area contributed by atoms with Gasteiger partial charge >= 0.3 is 6.18 Å². The third-order valence-electron chi connectivity index (χ3n) is 5.93. The Bertz CT molecular complexity index is 1760. The second-order valence-corrected chi connectivity index (χ2v) is 9.39. The van der Waals surface area contributed by atoms with E-state index in [2.05, 4.69) is 20.1 Å². The maximum atomic E-state index is 13.3. The summed E-state index contributed by atoms with van der Waals surface area (Å²) in [7, 11) is 1.61. The molecule has 0 bridgehead atoms. The minimum Gasteiger partial charge on any atom is -0.497 e. The van der Waals surface area contributed by atoms with Gasteiger partial charge in [0.25, 0.3) is 0 Å². The summed E-state index contributed by atoms with van der Waals surface area (Å²) in [5.74, 6) is 1.98. The molecular formula is C26H18F3N5O2S. The van der Waals surface area contributed by atoms with E-state index in [9.17, 15) is 13.2 Å². The number of fused-ring (bicyclic) bond motifs is 5. The van der Waals surface area contributed by atoms with E-state index in [1.807, 2.05) is 48.5 Å². The molecule has 186 valence electrons. The number of alkyl halides is 3. The first-order chi connectivity index (χ1) is 17.8. The van der Waals surface area contributed by atoms with E-state index in [-0.39, 0.29) is 4.83 Å². The summed E-state index contributed by atoms with van der Waals surface area (Å²) in [6.45, 7) is 2.02. The van der Waals surface area contributed by atoms with Crippen LogP contribution in [0.3, 0.4) is 0 Å². The Labute approximate surface area is 212 Å². The maximum absolute atomic E-state index is 13.3. The number of ether oxygens (including phenoxy) is 2. The molecule has 0 radical (unpaired) electrons. The number of rotatable bonds is 5. The van der Waals surface area contributed by atoms with Crippen LogP contribution in [0.2, 0.25) is 0 Å². The van der Waals surface area contributed by atoms with Crippen LogP contribution >= 0.6 is 11.3 Å². The standard InChI is InChI=1S/C26H18F3N5O2S/c1-14-11-19(26(27,28)29)31-25-20(14)21-22(37-25)24-32-23(33-34(24)13-30-21)16-5-3-15(4-6-16)12-36-18-9-7-17(35-2)8-10-18/h3-11,13H,12H2,1-2H3. The van der Waals surface area contributed by atoms with Crippen molar-refractivity contribution in [3.05, 3.63) is 77.7 Å². The highest BCUT2D eigenvalue weighted by Gasteiger charge is 2.33. The summed E-state index contributed by atoms with van der Waals surface area (Å²) in [5, 5.41) is 5.13. The van der Waals surface area contributed by atoms with Crippen molar-refractivity contribution < 1.29 is 22.6 Å². The van der Waals surface area contributed by atoms with E-state index in [1.165, 1.54) is 10.8 Å². The Hall–Kier alpha value is -4.25. The van der Waals surface area contributed by atoms with Crippen LogP contribution < -0.4 is 9.47 Å². The van der Waals surface area contributed by atoms with E-state index >= 15 is 0 Å². The number of benzene rings is 2. The fourth-order valence-corrected chi connectivity index (χ4v) is 5.24. The molecule has 0 aliphatic carbocycles. The van der Waals surface area contributed by atoms with Crippen LogP contribution in [-0.4, -0.2) is 31.7 Å². The van der Waals surface area contributed by atoms with Crippen LogP contribution in [0.15, 0.2) is 60.9 Å². The summed E-state index contributed by atoms with van der Waals surface area (Å²) in [4.78, 5) is 13.3. The molecule has 4 heterocycles. The molecule has 2 aromatic carbocycles. The van der Waals surface area contributed by atoms with Crippen LogP contribution in [-0.2, 0) is 12.8 Å². The van der Waals surface area contributed by atoms with Crippen molar-refractivity contribution in [2.75, 3.05) is 7.11 Å². The van der Waals surface area contributed by atoms with Crippen molar-refractivity contribution in [2.45, 2.75) is 19.7 Å². The minimum atomic E-state index is -4.52. The third-order valence-corrected chi connectivity index (χ3v) is 7.00. The van der Waals surface area contributed by atoms with E-state index in [1.54, 1.807) is 14.0 Å². The number of aromatic nitrogens is 5. The molecule has 0 spiro atoms. The molecule has 0 aliphatic heterocycles. The van der Waals surface area contributed by atoms with Crippen molar-refractivity contribution in [1.82, 2.24) is 24.6 Å². The van der Waals surface area contributed by atoms with Crippen LogP contribution in [0.5, 0.6) is 11.5 Å². The van der Waals surface area contributed by atoms with E-state index in [0.29, 0.717) is 39.2 Å². The predicted molar refractivity (Wildman–Crippen MR) is 134 cm³/mol. The first kappa shape index (κ1) is 23.2. The molecule has 6 aromatic rings. The SMILES string of the molecule is COc1ccc(OCc2ccc(-c3nc4c5sc6nc(C(F)(F)F)cc(C)c6c5ncn4n3)cc2)cc1. The summed E-state index contributed by atoms with van der Waals surface area (Å²) < 4.78 is 53.0. The number of nitrogens with zero attached hydrogens (tertiary/aromatic N) is 5. The maximum Gasteiger partial charge on any atom is 0.433 e. The lowest BCUT2D eigenvalue weighted by Gasteiger charge is -2.07. The highest BCUT2D eigenvalue weighted by molar-refractivity contribution is 7.26. The van der Waals surface area contributed by atoms with E-state index in [0.717, 1.165) is 40.0 Å². The molecule has 6 rings (SSSR count). The molecule has 11 heteroatoms. The van der Waals surface area contributed by atoms with Gasteiger partial charge in [-0.2, -0.15) is 13.2 Å². The summed E-state index contributed by atoms with van der Waals surface area (Å²) >= 11 is 1.13. The molecule has 0 atom stereocenters. The van der Waals surface area contributed by atoms with Crippen molar-refractivity contribution in [3.63, 3.8) is 0 Å². The topological polar surface area (TPSA) is 74.4 Å². The molecule has 0 aliphatic rings. The number of hydrogen-bond donors (Lipinski definition) is 0. The lowest BCUT2D eigenvalue weighted by atomic mass is 10.1. The Balaban J connectivity index is 1.30. The molecule has 4 aromatic heterocycles. The molecule has 0 amide bonds. The monoisotopic (exact) mass is 521 g/mol. The minimum absolute atomic E-state index is 0.272. The summed E-state index contributed by atoms with van der Waals surface area (Å²) in [5.41, 5.74) is 2.39. The fourth-order valence-electron chi connectivity index (χ4n) is 4.07. The summed E-state index contributed by atoms with van der Waals surface area (Å²) in [6, 6.07) is 16.1. The van der Waals surface area contributed by atoms with Gasteiger partial charge in [0.15, 0.2) is 11.5 Å². The Morgan fingerprint density at radius 3 is 2.41 bits per heavy atom. The van der Waals surface area contributed by atoms with Gasteiger partial charge in [0.05, 0.1) is 12.6 Å². The zero-order valence-corrected chi connectivity index (χ0v) is 20.4.